The molecule has 2 aliphatic heterocycles. The SMILES string of the molecule is Cc1nc2c(N3CC[C@@H]4[C@@H](CCN4c4ccc(OC(F)(F)F)cc4)C3)c(C#N)c(=O)n(C)c2s1. The fraction of sp³-hybridized carbons (Fsp3) is 0.435. The van der Waals surface area contributed by atoms with Crippen LogP contribution in [-0.4, -0.2) is 41.6 Å². The molecule has 0 unspecified atom stereocenters. The third-order valence-electron chi connectivity index (χ3n) is 6.67. The van der Waals surface area contributed by atoms with Crippen molar-refractivity contribution in [3.8, 4) is 11.8 Å². The molecule has 0 spiro atoms. The van der Waals surface area contributed by atoms with Crippen molar-refractivity contribution >= 4 is 33.1 Å². The molecule has 2 fully saturated rings. The van der Waals surface area contributed by atoms with Crippen LogP contribution in [-0.2, 0) is 7.05 Å². The number of ether oxygens (including phenoxy) is 1. The maximum atomic E-state index is 12.9. The van der Waals surface area contributed by atoms with Gasteiger partial charge in [0.15, 0.2) is 0 Å². The Balaban J connectivity index is 1.40. The van der Waals surface area contributed by atoms with E-state index < -0.39 is 6.36 Å². The molecule has 0 N–H and O–H groups in total. The number of piperidine rings is 1. The largest absolute Gasteiger partial charge is 0.573 e. The van der Waals surface area contributed by atoms with Crippen molar-refractivity contribution in [3.05, 3.63) is 45.2 Å². The highest BCUT2D eigenvalue weighted by atomic mass is 32.1. The molecule has 4 heterocycles. The Morgan fingerprint density at radius 1 is 1.21 bits per heavy atom. The van der Waals surface area contributed by atoms with Gasteiger partial charge in [-0.3, -0.25) is 4.79 Å². The lowest BCUT2D eigenvalue weighted by atomic mass is 9.92. The van der Waals surface area contributed by atoms with Crippen LogP contribution in [0.15, 0.2) is 29.1 Å². The van der Waals surface area contributed by atoms with Crippen LogP contribution in [0.2, 0.25) is 0 Å². The molecule has 1 aromatic carbocycles. The number of hydrogen-bond donors (Lipinski definition) is 0. The molecule has 2 aromatic heterocycles. The summed E-state index contributed by atoms with van der Waals surface area (Å²) >= 11 is 1.44. The number of benzene rings is 1. The smallest absolute Gasteiger partial charge is 0.406 e. The normalized spacial score (nSPS) is 20.5. The molecule has 5 rings (SSSR count). The topological polar surface area (TPSA) is 74.4 Å². The summed E-state index contributed by atoms with van der Waals surface area (Å²) in [5.41, 5.74) is 1.98. The summed E-state index contributed by atoms with van der Waals surface area (Å²) < 4.78 is 42.9. The molecule has 0 amide bonds. The molecule has 0 saturated carbocycles. The predicted octanol–water partition coefficient (Wildman–Crippen LogP) is 4.18. The van der Waals surface area contributed by atoms with Gasteiger partial charge >= 0.3 is 6.36 Å². The Labute approximate surface area is 197 Å². The molecule has 178 valence electrons. The molecule has 0 radical (unpaired) electrons. The van der Waals surface area contributed by atoms with Crippen LogP contribution in [0.1, 0.15) is 23.4 Å². The molecule has 34 heavy (non-hydrogen) atoms. The quantitative estimate of drug-likeness (QED) is 0.550. The Morgan fingerprint density at radius 2 is 1.94 bits per heavy atom. The summed E-state index contributed by atoms with van der Waals surface area (Å²) in [5, 5.41) is 10.6. The Bertz CT molecular complexity index is 1340. The van der Waals surface area contributed by atoms with Crippen molar-refractivity contribution in [3.63, 3.8) is 0 Å². The highest BCUT2D eigenvalue weighted by Crippen LogP contribution is 2.39. The number of rotatable bonds is 3. The number of anilines is 2. The van der Waals surface area contributed by atoms with Crippen LogP contribution in [0, 0.1) is 24.2 Å². The van der Waals surface area contributed by atoms with Gasteiger partial charge in [0.25, 0.3) is 5.56 Å². The van der Waals surface area contributed by atoms with Crippen LogP contribution in [0.3, 0.4) is 0 Å². The highest BCUT2D eigenvalue weighted by molar-refractivity contribution is 7.18. The summed E-state index contributed by atoms with van der Waals surface area (Å²) in [6.45, 7) is 4.01. The average molecular weight is 490 g/mol. The van der Waals surface area contributed by atoms with E-state index >= 15 is 0 Å². The molecule has 11 heteroatoms. The van der Waals surface area contributed by atoms with E-state index in [9.17, 15) is 23.2 Å². The van der Waals surface area contributed by atoms with Crippen LogP contribution >= 0.6 is 11.3 Å². The predicted molar refractivity (Wildman–Crippen MR) is 124 cm³/mol. The first-order valence-electron chi connectivity index (χ1n) is 10.9. The van der Waals surface area contributed by atoms with E-state index in [2.05, 4.69) is 25.6 Å². The fourth-order valence-electron chi connectivity index (χ4n) is 5.23. The molecule has 3 aromatic rings. The molecular formula is C23H22F3N5O2S. The van der Waals surface area contributed by atoms with Gasteiger partial charge in [0.1, 0.15) is 27.7 Å². The van der Waals surface area contributed by atoms with Crippen LogP contribution in [0.5, 0.6) is 5.75 Å². The van der Waals surface area contributed by atoms with E-state index in [0.717, 1.165) is 34.9 Å². The second-order valence-electron chi connectivity index (χ2n) is 8.67. The van der Waals surface area contributed by atoms with Crippen molar-refractivity contribution < 1.29 is 17.9 Å². The zero-order valence-electron chi connectivity index (χ0n) is 18.6. The highest BCUT2D eigenvalue weighted by Gasteiger charge is 2.40. The van der Waals surface area contributed by atoms with Crippen molar-refractivity contribution in [2.24, 2.45) is 13.0 Å². The first-order chi connectivity index (χ1) is 16.2. The van der Waals surface area contributed by atoms with E-state index in [1.807, 2.05) is 6.92 Å². The van der Waals surface area contributed by atoms with Crippen molar-refractivity contribution in [1.82, 2.24) is 9.55 Å². The average Bonchev–Trinajstić information content (AvgIpc) is 3.38. The third kappa shape index (κ3) is 3.86. The first-order valence-corrected chi connectivity index (χ1v) is 11.8. The molecule has 2 atom stereocenters. The summed E-state index contributed by atoms with van der Waals surface area (Å²) in [4.78, 5) is 22.6. The monoisotopic (exact) mass is 489 g/mol. The van der Waals surface area contributed by atoms with Gasteiger partial charge in [0.2, 0.25) is 0 Å². The number of nitriles is 1. The minimum atomic E-state index is -4.71. The number of alkyl halides is 3. The van der Waals surface area contributed by atoms with Gasteiger partial charge in [-0.2, -0.15) is 5.26 Å². The van der Waals surface area contributed by atoms with Crippen molar-refractivity contribution in [2.45, 2.75) is 32.2 Å². The third-order valence-corrected chi connectivity index (χ3v) is 7.71. The Hall–Kier alpha value is -3.26. The van der Waals surface area contributed by atoms with Gasteiger partial charge in [0, 0.05) is 38.4 Å². The van der Waals surface area contributed by atoms with Crippen molar-refractivity contribution in [2.75, 3.05) is 29.4 Å². The number of hydrogen-bond acceptors (Lipinski definition) is 7. The van der Waals surface area contributed by atoms with Gasteiger partial charge in [-0.05, 0) is 49.9 Å². The number of nitrogens with zero attached hydrogens (tertiary/aromatic N) is 5. The summed E-state index contributed by atoms with van der Waals surface area (Å²) in [5.74, 6) is 0.0596. The molecule has 0 aliphatic carbocycles. The van der Waals surface area contributed by atoms with E-state index in [4.69, 9.17) is 0 Å². The second kappa shape index (κ2) is 8.20. The number of aromatic nitrogens is 2. The number of fused-ring (bicyclic) bond motifs is 2. The maximum absolute atomic E-state index is 12.9. The van der Waals surface area contributed by atoms with Gasteiger partial charge in [-0.25, -0.2) is 4.98 Å². The summed E-state index contributed by atoms with van der Waals surface area (Å²) in [6, 6.07) is 8.33. The standard InChI is InChI=1S/C23H22F3N5O2S/c1-13-28-19-20(17(11-27)21(32)29(2)22(19)34-13)30-9-8-18-14(12-30)7-10-31(18)15-3-5-16(6-4-15)33-23(24,25)26/h3-6,14,18H,7-10,12H2,1-2H3/t14-,18+/m0/s1. The number of aryl methyl sites for hydroxylation is 2. The van der Waals surface area contributed by atoms with Gasteiger partial charge in [-0.1, -0.05) is 0 Å². The Kier molecular flexibility index (Phi) is 5.43. The lowest BCUT2D eigenvalue weighted by Crippen LogP contribution is -2.47. The lowest BCUT2D eigenvalue weighted by molar-refractivity contribution is -0.274. The minimum Gasteiger partial charge on any atom is -0.406 e. The Morgan fingerprint density at radius 3 is 2.62 bits per heavy atom. The van der Waals surface area contributed by atoms with Gasteiger partial charge < -0.3 is 19.1 Å². The van der Waals surface area contributed by atoms with Crippen LogP contribution in [0.4, 0.5) is 24.5 Å². The van der Waals surface area contributed by atoms with Crippen molar-refractivity contribution in [1.29, 1.82) is 5.26 Å². The lowest BCUT2D eigenvalue weighted by Gasteiger charge is -2.40. The van der Waals surface area contributed by atoms with Crippen LogP contribution in [0.25, 0.3) is 10.3 Å². The number of thiazole rings is 1. The summed E-state index contributed by atoms with van der Waals surface area (Å²) in [6.07, 6.45) is -3.00. The van der Waals surface area contributed by atoms with E-state index in [-0.39, 0.29) is 22.9 Å². The van der Waals surface area contributed by atoms with E-state index in [1.165, 1.54) is 28.0 Å². The second-order valence-corrected chi connectivity index (χ2v) is 9.85. The van der Waals surface area contributed by atoms with E-state index in [1.54, 1.807) is 19.2 Å². The number of pyridine rings is 1. The fourth-order valence-corrected chi connectivity index (χ4v) is 6.11. The minimum absolute atomic E-state index is 0.119. The zero-order chi connectivity index (χ0) is 24.2. The van der Waals surface area contributed by atoms with Gasteiger partial charge in [-0.15, -0.1) is 24.5 Å². The summed E-state index contributed by atoms with van der Waals surface area (Å²) in [7, 11) is 1.67. The first kappa shape index (κ1) is 22.5. The van der Waals surface area contributed by atoms with E-state index in [0.29, 0.717) is 30.2 Å². The zero-order valence-corrected chi connectivity index (χ0v) is 19.4. The molecule has 7 nitrogen and oxygen atoms in total. The molecular weight excluding hydrogens is 467 g/mol. The molecule has 2 saturated heterocycles. The number of halogens is 3. The van der Waals surface area contributed by atoms with Gasteiger partial charge in [0.05, 0.1) is 10.7 Å². The molecule has 0 bridgehead atoms. The van der Waals surface area contributed by atoms with Crippen LogP contribution < -0.4 is 20.1 Å². The molecule has 2 aliphatic rings. The maximum Gasteiger partial charge on any atom is 0.573 e.